The maximum absolute atomic E-state index is 6.55. The Hall–Kier alpha value is 2.06. The van der Waals surface area contributed by atoms with Crippen molar-refractivity contribution in [1.29, 1.82) is 0 Å². The van der Waals surface area contributed by atoms with Crippen LogP contribution in [0.15, 0.2) is 24.3 Å². The van der Waals surface area contributed by atoms with E-state index in [0.717, 1.165) is 12.8 Å². The van der Waals surface area contributed by atoms with Gasteiger partial charge in [-0.3, -0.25) is 0 Å². The summed E-state index contributed by atoms with van der Waals surface area (Å²) in [7, 11) is 7.80. The van der Waals surface area contributed by atoms with Crippen LogP contribution in [-0.2, 0) is 49.4 Å². The molecule has 0 spiro atoms. The second-order valence-electron chi connectivity index (χ2n) is 7.78. The molecule has 24 heavy (non-hydrogen) atoms. The third-order valence-corrected chi connectivity index (χ3v) is 14.8. The van der Waals surface area contributed by atoms with Gasteiger partial charge in [-0.1, -0.05) is 12.1 Å². The summed E-state index contributed by atoms with van der Waals surface area (Å²) < 4.78 is 13.1. The molecule has 6 bridgehead atoms. The molecule has 8 heteroatoms. The van der Waals surface area contributed by atoms with Crippen molar-refractivity contribution in [1.82, 2.24) is 0 Å². The minimum atomic E-state index is -0.682. The summed E-state index contributed by atoms with van der Waals surface area (Å²) in [6, 6.07) is 9.22. The van der Waals surface area contributed by atoms with E-state index in [9.17, 15) is 0 Å². The van der Waals surface area contributed by atoms with E-state index >= 15 is 0 Å². The number of rotatable bonds is 0. The van der Waals surface area contributed by atoms with Gasteiger partial charge in [-0.25, -0.2) is 0 Å². The monoisotopic (exact) mass is 772 g/mol. The van der Waals surface area contributed by atoms with Gasteiger partial charge in [0.1, 0.15) is 26.5 Å². The molecule has 1 aromatic carbocycles. The molecule has 0 radical (unpaired) electrons. The van der Waals surface area contributed by atoms with E-state index in [4.69, 9.17) is 9.47 Å². The summed E-state index contributed by atoms with van der Waals surface area (Å²) >= 11 is 3.50. The molecule has 0 saturated carbocycles. The Morgan fingerprint density at radius 3 is 1.67 bits per heavy atom. The van der Waals surface area contributed by atoms with E-state index in [1.807, 2.05) is 0 Å². The van der Waals surface area contributed by atoms with E-state index in [2.05, 4.69) is 70.3 Å². The number of benzene rings is 1. The van der Waals surface area contributed by atoms with Gasteiger partial charge in [-0.05, 0) is 19.1 Å². The van der Waals surface area contributed by atoms with Crippen molar-refractivity contribution in [2.75, 3.05) is 0 Å². The molecule has 0 N–H and O–H groups in total. The molecule has 4 saturated heterocycles. The van der Waals surface area contributed by atoms with E-state index in [1.165, 1.54) is 0 Å². The first-order chi connectivity index (χ1) is 11.3. The van der Waals surface area contributed by atoms with E-state index < -0.39 is 15.8 Å². The molecule has 4 fully saturated rings. The van der Waals surface area contributed by atoms with Gasteiger partial charge in [0.25, 0.3) is 0 Å². The number of hydrogen-bond acceptors (Lipinski definition) is 2. The van der Waals surface area contributed by atoms with Gasteiger partial charge in [0.05, 0.1) is 12.8 Å². The normalized spacial score (nSPS) is 48.9. The molecular weight excluding hydrogens is 751 g/mol. The van der Waals surface area contributed by atoms with Crippen LogP contribution >= 0.6 is 34.2 Å². The maximum atomic E-state index is 6.55. The molecule has 5 aliphatic rings. The van der Waals surface area contributed by atoms with Crippen LogP contribution in [0.5, 0.6) is 0 Å². The average molecular weight is 773 g/mol. The Morgan fingerprint density at radius 2 is 1.25 bits per heavy atom. The molecule has 142 valence electrons. The Labute approximate surface area is 179 Å². The van der Waals surface area contributed by atoms with E-state index in [1.54, 1.807) is 50.6 Å². The molecule has 2 nitrogen and oxygen atoms in total. The van der Waals surface area contributed by atoms with Gasteiger partial charge in [0.15, 0.2) is 21.4 Å². The summed E-state index contributed by atoms with van der Waals surface area (Å²) in [5.74, 6) is -0.346. The Morgan fingerprint density at radius 1 is 0.833 bits per heavy atom. The quantitative estimate of drug-likeness (QED) is 0.287. The standard InChI is InChI=1S/C16H20O2P2.2Au.2ClH/c1-13-9-16(4)19-11-7-5-6-8-12(11)20(16)15(3,18-13)10-14(19,2)17-13;;;;/h5-8H,9-10H2,1-4H3;;;2*1H/q;2*+1;;. The fraction of sp³-hybridized carbons (Fsp3) is 0.625. The number of ether oxygens (including phenoxy) is 2. The van der Waals surface area contributed by atoms with Crippen LogP contribution in [0.2, 0.25) is 0 Å². The topological polar surface area (TPSA) is 18.5 Å². The zero-order valence-electron chi connectivity index (χ0n) is 13.9. The predicted molar refractivity (Wildman–Crippen MR) is 99.1 cm³/mol. The van der Waals surface area contributed by atoms with Crippen LogP contribution in [0.1, 0.15) is 40.5 Å². The van der Waals surface area contributed by atoms with Crippen LogP contribution in [0, 0.1) is 0 Å². The molecular formula is C16H22Au2Cl2O2P2+2. The molecule has 0 aliphatic carbocycles. The molecule has 4 atom stereocenters. The molecule has 6 rings (SSSR count). The minimum absolute atomic E-state index is 0.0419. The molecule has 1 aromatic rings. The zero-order chi connectivity index (χ0) is 18.0. The van der Waals surface area contributed by atoms with Gasteiger partial charge in [-0.15, -0.1) is 0 Å². The molecule has 5 heterocycles. The van der Waals surface area contributed by atoms with Crippen LogP contribution in [0.25, 0.3) is 0 Å². The fourth-order valence-electron chi connectivity index (χ4n) is 6.24. The second-order valence-corrected chi connectivity index (χ2v) is 15.2. The molecule has 0 aromatic heterocycles. The zero-order valence-corrected chi connectivity index (χ0v) is 21.7. The predicted octanol–water partition coefficient (Wildman–Crippen LogP) is 4.47. The van der Waals surface area contributed by atoms with Crippen molar-refractivity contribution in [2.45, 2.75) is 61.9 Å². The van der Waals surface area contributed by atoms with Crippen molar-refractivity contribution < 1.29 is 49.4 Å². The number of halogens is 2. The number of fused-ring (bicyclic) bond motifs is 1. The molecule has 5 aliphatic heterocycles. The Kier molecular flexibility index (Phi) is 5.92. The third kappa shape index (κ3) is 2.68. The third-order valence-electron chi connectivity index (χ3n) is 5.86. The summed E-state index contributed by atoms with van der Waals surface area (Å²) in [5, 5.41) is 3.40. The summed E-state index contributed by atoms with van der Waals surface area (Å²) in [6.07, 6.45) is 2.20. The van der Waals surface area contributed by atoms with Gasteiger partial charge < -0.3 is 9.47 Å². The summed E-state index contributed by atoms with van der Waals surface area (Å²) in [6.45, 7) is 9.49. The Bertz CT molecular complexity index is 620. The molecule has 0 amide bonds. The van der Waals surface area contributed by atoms with Crippen molar-refractivity contribution in [3.63, 3.8) is 0 Å². The van der Waals surface area contributed by atoms with Crippen molar-refractivity contribution >= 4 is 44.8 Å². The van der Waals surface area contributed by atoms with Gasteiger partial charge in [0.2, 0.25) is 0 Å². The summed E-state index contributed by atoms with van der Waals surface area (Å²) in [5.41, 5.74) is 0. The van der Waals surface area contributed by atoms with Gasteiger partial charge in [-0.2, -0.15) is 0 Å². The first-order valence-corrected chi connectivity index (χ1v) is 16.2. The number of hydrogen-bond donors (Lipinski definition) is 0. The van der Waals surface area contributed by atoms with Crippen LogP contribution < -0.4 is 10.6 Å². The van der Waals surface area contributed by atoms with Crippen molar-refractivity contribution in [2.24, 2.45) is 0 Å². The van der Waals surface area contributed by atoms with Crippen molar-refractivity contribution in [3.8, 4) is 0 Å². The first kappa shape index (κ1) is 20.8. The first-order valence-electron chi connectivity index (χ1n) is 7.79. The van der Waals surface area contributed by atoms with E-state index in [0.29, 0.717) is 4.90 Å². The van der Waals surface area contributed by atoms with E-state index in [-0.39, 0.29) is 16.5 Å². The van der Waals surface area contributed by atoms with Gasteiger partial charge in [0, 0.05) is 20.8 Å². The van der Waals surface area contributed by atoms with Crippen LogP contribution in [-0.4, -0.2) is 21.4 Å². The summed E-state index contributed by atoms with van der Waals surface area (Å²) in [4.78, 5) is 0.478. The second kappa shape index (κ2) is 6.84. The van der Waals surface area contributed by atoms with Crippen LogP contribution in [0.4, 0.5) is 0 Å². The average Bonchev–Trinajstić information content (AvgIpc) is 2.73. The fourth-order valence-corrected chi connectivity index (χ4v) is 19.1. The van der Waals surface area contributed by atoms with Gasteiger partial charge >= 0.3 is 58.4 Å². The molecule has 4 unspecified atom stereocenters. The Balaban J connectivity index is 0.000000396. The van der Waals surface area contributed by atoms with Crippen molar-refractivity contribution in [3.05, 3.63) is 24.3 Å². The SMILES string of the molecule is CC12CC3(C)[PH+]4c5ccccc5[PH+]3C(C)(CC4(C)O1)O2.[Cl][Au].[Cl][Au]. The van der Waals surface area contributed by atoms with Crippen LogP contribution in [0.3, 0.4) is 0 Å².